The predicted octanol–water partition coefficient (Wildman–Crippen LogP) is 5.58. The molecule has 0 amide bonds. The Balaban J connectivity index is 2.07. The molecule has 0 radical (unpaired) electrons. The number of phenols is 1. The topological polar surface area (TPSA) is 66.4 Å². The molecule has 0 spiro atoms. The van der Waals surface area contributed by atoms with Gasteiger partial charge < -0.3 is 5.11 Å². The first-order valence-corrected chi connectivity index (χ1v) is 10.3. The lowest BCUT2D eigenvalue weighted by molar-refractivity contribution is 0.475. The van der Waals surface area contributed by atoms with Crippen molar-refractivity contribution < 1.29 is 13.5 Å². The lowest BCUT2D eigenvalue weighted by Gasteiger charge is -2.14. The summed E-state index contributed by atoms with van der Waals surface area (Å²) in [6.45, 7) is 1.89. The molecule has 0 aliphatic carbocycles. The van der Waals surface area contributed by atoms with Crippen molar-refractivity contribution in [1.82, 2.24) is 0 Å². The highest BCUT2D eigenvalue weighted by atomic mass is 79.9. The van der Waals surface area contributed by atoms with E-state index in [1.807, 2.05) is 6.92 Å². The van der Waals surface area contributed by atoms with Gasteiger partial charge in [-0.1, -0.05) is 45.2 Å². The number of halogens is 2. The Morgan fingerprint density at radius 3 is 2.35 bits per heavy atom. The van der Waals surface area contributed by atoms with Gasteiger partial charge in [0, 0.05) is 15.1 Å². The molecule has 0 atom stereocenters. The van der Waals surface area contributed by atoms with Crippen LogP contribution >= 0.6 is 27.5 Å². The Hall–Kier alpha value is -2.02. The Labute approximate surface area is 165 Å². The number of benzene rings is 3. The lowest BCUT2D eigenvalue weighted by Crippen LogP contribution is -2.13. The first-order valence-electron chi connectivity index (χ1n) is 7.63. The Kier molecular flexibility index (Phi) is 5.27. The highest BCUT2D eigenvalue weighted by molar-refractivity contribution is 9.10. The molecule has 0 saturated heterocycles. The van der Waals surface area contributed by atoms with Crippen molar-refractivity contribution in [1.29, 1.82) is 0 Å². The average molecular weight is 453 g/mol. The summed E-state index contributed by atoms with van der Waals surface area (Å²) >= 11 is 9.43. The van der Waals surface area contributed by atoms with E-state index in [1.165, 1.54) is 0 Å². The highest BCUT2D eigenvalue weighted by Gasteiger charge is 2.17. The molecule has 0 saturated carbocycles. The molecular formula is C19H15BrClNO3S. The number of nitrogens with one attached hydrogen (secondary N) is 1. The number of anilines is 1. The van der Waals surface area contributed by atoms with Crippen molar-refractivity contribution in [2.75, 3.05) is 4.72 Å². The van der Waals surface area contributed by atoms with Gasteiger partial charge in [-0.25, -0.2) is 8.42 Å². The van der Waals surface area contributed by atoms with E-state index < -0.39 is 10.0 Å². The van der Waals surface area contributed by atoms with Gasteiger partial charge in [0.05, 0.1) is 10.6 Å². The first kappa shape index (κ1) is 18.8. The monoisotopic (exact) mass is 451 g/mol. The molecule has 134 valence electrons. The molecule has 0 heterocycles. The summed E-state index contributed by atoms with van der Waals surface area (Å²) in [5.74, 6) is 0.0571. The second-order valence-electron chi connectivity index (χ2n) is 5.81. The van der Waals surface area contributed by atoms with Crippen LogP contribution in [-0.2, 0) is 10.0 Å². The fourth-order valence-corrected chi connectivity index (χ4v) is 4.23. The molecule has 0 bridgehead atoms. The maximum atomic E-state index is 12.7. The average Bonchev–Trinajstić information content (AvgIpc) is 2.56. The maximum Gasteiger partial charge on any atom is 0.261 e. The molecule has 26 heavy (non-hydrogen) atoms. The lowest BCUT2D eigenvalue weighted by atomic mass is 10.0. The van der Waals surface area contributed by atoms with Crippen LogP contribution in [0.2, 0.25) is 5.02 Å². The third-order valence-electron chi connectivity index (χ3n) is 3.75. The van der Waals surface area contributed by atoms with Gasteiger partial charge in [-0.05, 0) is 61.0 Å². The molecule has 3 aromatic carbocycles. The molecule has 2 N–H and O–H groups in total. The van der Waals surface area contributed by atoms with Crippen LogP contribution in [0.5, 0.6) is 5.75 Å². The van der Waals surface area contributed by atoms with Crippen LogP contribution in [-0.4, -0.2) is 13.5 Å². The van der Waals surface area contributed by atoms with Crippen LogP contribution in [0, 0.1) is 6.92 Å². The normalized spacial score (nSPS) is 11.3. The number of phenolic OH excluding ortho intramolecular Hbond substituents is 1. The summed E-state index contributed by atoms with van der Waals surface area (Å²) in [7, 11) is -3.76. The summed E-state index contributed by atoms with van der Waals surface area (Å²) in [5, 5.41) is 10.3. The molecule has 0 aliphatic rings. The smallest absolute Gasteiger partial charge is 0.261 e. The van der Waals surface area contributed by atoms with Crippen molar-refractivity contribution >= 4 is 43.2 Å². The minimum Gasteiger partial charge on any atom is -0.508 e. The van der Waals surface area contributed by atoms with Gasteiger partial charge in [-0.3, -0.25) is 4.72 Å². The van der Waals surface area contributed by atoms with Gasteiger partial charge in [-0.15, -0.1) is 0 Å². The van der Waals surface area contributed by atoms with E-state index in [1.54, 1.807) is 60.7 Å². The minimum atomic E-state index is -3.76. The van der Waals surface area contributed by atoms with Crippen molar-refractivity contribution in [3.63, 3.8) is 0 Å². The molecule has 0 aliphatic heterocycles. The summed E-state index contributed by atoms with van der Waals surface area (Å²) in [6, 6.07) is 16.3. The zero-order chi connectivity index (χ0) is 18.9. The fourth-order valence-electron chi connectivity index (χ4n) is 2.50. The van der Waals surface area contributed by atoms with E-state index in [4.69, 9.17) is 11.6 Å². The predicted molar refractivity (Wildman–Crippen MR) is 108 cm³/mol. The zero-order valence-electron chi connectivity index (χ0n) is 13.7. The molecule has 4 nitrogen and oxygen atoms in total. The number of hydrogen-bond acceptors (Lipinski definition) is 3. The Bertz CT molecular complexity index is 1050. The molecule has 0 fully saturated rings. The van der Waals surface area contributed by atoms with Crippen LogP contribution in [0.1, 0.15) is 5.56 Å². The van der Waals surface area contributed by atoms with Gasteiger partial charge >= 0.3 is 0 Å². The van der Waals surface area contributed by atoms with E-state index in [2.05, 4.69) is 20.7 Å². The third kappa shape index (κ3) is 4.20. The summed E-state index contributed by atoms with van der Waals surface area (Å²) in [6.07, 6.45) is 0. The van der Waals surface area contributed by atoms with Crippen LogP contribution in [0.3, 0.4) is 0 Å². The van der Waals surface area contributed by atoms with Crippen LogP contribution in [0.4, 0.5) is 5.69 Å². The van der Waals surface area contributed by atoms with E-state index in [9.17, 15) is 13.5 Å². The largest absolute Gasteiger partial charge is 0.508 e. The molecule has 0 aromatic heterocycles. The van der Waals surface area contributed by atoms with Gasteiger partial charge in [0.25, 0.3) is 10.0 Å². The van der Waals surface area contributed by atoms with Crippen molar-refractivity contribution in [2.24, 2.45) is 0 Å². The number of rotatable bonds is 4. The second-order valence-corrected chi connectivity index (χ2v) is 8.84. The number of hydrogen-bond donors (Lipinski definition) is 2. The van der Waals surface area contributed by atoms with E-state index >= 15 is 0 Å². The third-order valence-corrected chi connectivity index (χ3v) is 5.83. The van der Waals surface area contributed by atoms with Gasteiger partial charge in [0.2, 0.25) is 0 Å². The van der Waals surface area contributed by atoms with Crippen LogP contribution in [0.15, 0.2) is 70.0 Å². The second kappa shape index (κ2) is 7.31. The number of sulfonamides is 1. The SMILES string of the molecule is Cc1ccc(S(=O)(=O)Nc2ccc(Cl)cc2-c2cc(O)cc(Br)c2)cc1. The van der Waals surface area contributed by atoms with Gasteiger partial charge in [0.1, 0.15) is 5.75 Å². The Morgan fingerprint density at radius 1 is 1.00 bits per heavy atom. The maximum absolute atomic E-state index is 12.7. The van der Waals surface area contributed by atoms with E-state index in [-0.39, 0.29) is 10.6 Å². The fraction of sp³-hybridized carbons (Fsp3) is 0.0526. The molecular weight excluding hydrogens is 438 g/mol. The standard InChI is InChI=1S/C19H15BrClNO3S/c1-12-2-5-17(6-3-12)26(24,25)22-19-7-4-15(21)11-18(19)13-8-14(20)10-16(23)9-13/h2-11,22-23H,1H3. The highest BCUT2D eigenvalue weighted by Crippen LogP contribution is 2.35. The van der Waals surface area contributed by atoms with E-state index in [0.29, 0.717) is 26.3 Å². The quantitative estimate of drug-likeness (QED) is 0.543. The Morgan fingerprint density at radius 2 is 1.69 bits per heavy atom. The van der Waals surface area contributed by atoms with Gasteiger partial charge in [0.15, 0.2) is 0 Å². The number of aromatic hydroxyl groups is 1. The summed E-state index contributed by atoms with van der Waals surface area (Å²) in [4.78, 5) is 0.168. The molecule has 3 aromatic rings. The first-order chi connectivity index (χ1) is 12.2. The summed E-state index contributed by atoms with van der Waals surface area (Å²) in [5.41, 5.74) is 2.53. The van der Waals surface area contributed by atoms with Crippen molar-refractivity contribution in [3.8, 4) is 16.9 Å². The minimum absolute atomic E-state index is 0.0571. The van der Waals surface area contributed by atoms with Crippen LogP contribution in [0.25, 0.3) is 11.1 Å². The number of aryl methyl sites for hydroxylation is 1. The van der Waals surface area contributed by atoms with Crippen LogP contribution < -0.4 is 4.72 Å². The van der Waals surface area contributed by atoms with E-state index in [0.717, 1.165) is 5.56 Å². The summed E-state index contributed by atoms with van der Waals surface area (Å²) < 4.78 is 28.7. The van der Waals surface area contributed by atoms with Crippen molar-refractivity contribution in [2.45, 2.75) is 11.8 Å². The zero-order valence-corrected chi connectivity index (χ0v) is 16.9. The molecule has 3 rings (SSSR count). The molecule has 7 heteroatoms. The van der Waals surface area contributed by atoms with Crippen molar-refractivity contribution in [3.05, 3.63) is 75.7 Å². The molecule has 0 unspecified atom stereocenters. The van der Waals surface area contributed by atoms with Gasteiger partial charge in [-0.2, -0.15) is 0 Å².